The Bertz CT molecular complexity index is 1070. The molecule has 2 aromatic carbocycles. The zero-order valence-corrected chi connectivity index (χ0v) is 17.7. The molecule has 0 bridgehead atoms. The number of unbranched alkanes of at least 4 members (excludes halogenated alkanes) is 1. The summed E-state index contributed by atoms with van der Waals surface area (Å²) < 4.78 is 9.46. The molecule has 1 aliphatic rings. The molecule has 1 aromatic heterocycles. The average Bonchev–Trinajstić information content (AvgIpc) is 3.19. The number of aryl methyl sites for hydroxylation is 1. The Kier molecular flexibility index (Phi) is 6.57. The Morgan fingerprint density at radius 3 is 2.84 bits per heavy atom. The number of H-pyrrole nitrogens is 1. The summed E-state index contributed by atoms with van der Waals surface area (Å²) in [6.07, 6.45) is 8.71. The number of phenols is 1. The number of benzene rings is 2. The van der Waals surface area contributed by atoms with Gasteiger partial charge in [0.15, 0.2) is 11.5 Å². The molecule has 0 saturated heterocycles. The van der Waals surface area contributed by atoms with E-state index in [1.165, 1.54) is 18.2 Å². The predicted molar refractivity (Wildman–Crippen MR) is 121 cm³/mol. The van der Waals surface area contributed by atoms with Gasteiger partial charge in [-0.1, -0.05) is 42.8 Å². The first-order valence-electron chi connectivity index (χ1n) is 10.7. The smallest absolute Gasteiger partial charge is 0.504 e. The summed E-state index contributed by atoms with van der Waals surface area (Å²) in [6, 6.07) is 14.4. The second kappa shape index (κ2) is 9.71. The van der Waals surface area contributed by atoms with Gasteiger partial charge in [0.05, 0.1) is 7.11 Å². The summed E-state index contributed by atoms with van der Waals surface area (Å²) in [5.74, 6) is 0.00350. The van der Waals surface area contributed by atoms with Gasteiger partial charge in [0.1, 0.15) is 0 Å². The number of aromatic hydroxyl groups is 1. The van der Waals surface area contributed by atoms with Gasteiger partial charge >= 0.3 is 6.16 Å². The van der Waals surface area contributed by atoms with Crippen LogP contribution < -0.4 is 10.1 Å². The third-order valence-corrected chi connectivity index (χ3v) is 5.82. The number of aromatic nitrogens is 1. The molecule has 0 spiro atoms. The summed E-state index contributed by atoms with van der Waals surface area (Å²) in [5.41, 5.74) is 4.72. The van der Waals surface area contributed by atoms with Crippen LogP contribution in [0.15, 0.2) is 54.7 Å². The van der Waals surface area contributed by atoms with Crippen molar-refractivity contribution in [3.8, 4) is 11.5 Å². The molecule has 1 unspecified atom stereocenters. The Morgan fingerprint density at radius 1 is 1.19 bits per heavy atom. The standard InChI is InChI=1S/C25H28N2O4/c1-30-25(29)31-24-15-22-21(14-23(24)28)19(16-27-22)9-5-6-10-20-13-18(11-12-26-20)17-7-3-2-4-8-17/h2-4,7-8,11,14-16,20,26-28H,5-6,9-10,12-13H2,1H3. The van der Waals surface area contributed by atoms with Crippen molar-refractivity contribution in [2.24, 2.45) is 0 Å². The van der Waals surface area contributed by atoms with Crippen molar-refractivity contribution in [1.29, 1.82) is 0 Å². The molecule has 3 aromatic rings. The van der Waals surface area contributed by atoms with Crippen LogP contribution in [0.5, 0.6) is 11.5 Å². The van der Waals surface area contributed by atoms with Gasteiger partial charge in [-0.15, -0.1) is 0 Å². The largest absolute Gasteiger partial charge is 0.513 e. The molecule has 31 heavy (non-hydrogen) atoms. The Balaban J connectivity index is 1.30. The van der Waals surface area contributed by atoms with Crippen LogP contribution in [0.25, 0.3) is 16.5 Å². The number of rotatable bonds is 7. The van der Waals surface area contributed by atoms with E-state index in [1.54, 1.807) is 12.1 Å². The number of carbonyl (C=O) groups is 1. The molecule has 6 nitrogen and oxygen atoms in total. The molecule has 6 heteroatoms. The average molecular weight is 421 g/mol. The monoisotopic (exact) mass is 420 g/mol. The van der Waals surface area contributed by atoms with Crippen molar-refractivity contribution >= 4 is 22.6 Å². The SMILES string of the molecule is COC(=O)Oc1cc2[nH]cc(CCCCC3CC(c4ccccc4)=CCN3)c2cc1O. The second-order valence-electron chi connectivity index (χ2n) is 7.89. The van der Waals surface area contributed by atoms with Gasteiger partial charge in [-0.2, -0.15) is 0 Å². The minimum absolute atomic E-state index is 0.0783. The van der Waals surface area contributed by atoms with Crippen molar-refractivity contribution in [2.45, 2.75) is 38.1 Å². The van der Waals surface area contributed by atoms with Crippen molar-refractivity contribution in [2.75, 3.05) is 13.7 Å². The van der Waals surface area contributed by atoms with Crippen LogP contribution in [0.2, 0.25) is 0 Å². The van der Waals surface area contributed by atoms with Gasteiger partial charge < -0.3 is 24.9 Å². The van der Waals surface area contributed by atoms with Gasteiger partial charge in [0.2, 0.25) is 0 Å². The van der Waals surface area contributed by atoms with Crippen molar-refractivity contribution in [1.82, 2.24) is 10.3 Å². The number of ether oxygens (including phenoxy) is 2. The van der Waals surface area contributed by atoms with Crippen LogP contribution in [0.3, 0.4) is 0 Å². The van der Waals surface area contributed by atoms with E-state index in [0.29, 0.717) is 6.04 Å². The maximum atomic E-state index is 11.3. The van der Waals surface area contributed by atoms with E-state index in [4.69, 9.17) is 4.74 Å². The number of methoxy groups -OCH3 is 1. The number of carbonyl (C=O) groups excluding carboxylic acids is 1. The lowest BCUT2D eigenvalue weighted by Crippen LogP contribution is -2.32. The fourth-order valence-corrected chi connectivity index (χ4v) is 4.18. The number of nitrogens with one attached hydrogen (secondary N) is 2. The highest BCUT2D eigenvalue weighted by molar-refractivity contribution is 5.87. The van der Waals surface area contributed by atoms with E-state index in [2.05, 4.69) is 51.4 Å². The molecule has 2 heterocycles. The van der Waals surface area contributed by atoms with Crippen molar-refractivity contribution < 1.29 is 19.4 Å². The molecule has 162 valence electrons. The molecule has 1 aliphatic heterocycles. The zero-order chi connectivity index (χ0) is 21.6. The van der Waals surface area contributed by atoms with E-state index in [9.17, 15) is 9.90 Å². The van der Waals surface area contributed by atoms with Gasteiger partial charge in [-0.05, 0) is 48.4 Å². The minimum atomic E-state index is -0.858. The van der Waals surface area contributed by atoms with Crippen LogP contribution in [0.1, 0.15) is 36.8 Å². The molecular formula is C25H28N2O4. The molecule has 1 atom stereocenters. The summed E-state index contributed by atoms with van der Waals surface area (Å²) in [5, 5.41) is 14.7. The van der Waals surface area contributed by atoms with E-state index >= 15 is 0 Å². The van der Waals surface area contributed by atoms with E-state index in [1.807, 2.05) is 6.20 Å². The van der Waals surface area contributed by atoms with E-state index in [-0.39, 0.29) is 11.5 Å². The van der Waals surface area contributed by atoms with E-state index in [0.717, 1.165) is 55.1 Å². The number of hydrogen-bond acceptors (Lipinski definition) is 5. The van der Waals surface area contributed by atoms with Gasteiger partial charge in [0, 0.05) is 35.8 Å². The zero-order valence-electron chi connectivity index (χ0n) is 17.7. The maximum Gasteiger partial charge on any atom is 0.513 e. The van der Waals surface area contributed by atoms with Gasteiger partial charge in [-0.3, -0.25) is 0 Å². The molecular weight excluding hydrogens is 392 g/mol. The van der Waals surface area contributed by atoms with Crippen LogP contribution in [0, 0.1) is 0 Å². The minimum Gasteiger partial charge on any atom is -0.504 e. The first kappa shape index (κ1) is 21.0. The van der Waals surface area contributed by atoms with Crippen LogP contribution in [-0.4, -0.2) is 35.9 Å². The molecule has 0 radical (unpaired) electrons. The molecule has 0 aliphatic carbocycles. The number of fused-ring (bicyclic) bond motifs is 1. The fraction of sp³-hybridized carbons (Fsp3) is 0.320. The first-order chi connectivity index (χ1) is 15.1. The topological polar surface area (TPSA) is 83.6 Å². The first-order valence-corrected chi connectivity index (χ1v) is 10.7. The lowest BCUT2D eigenvalue weighted by atomic mass is 9.92. The highest BCUT2D eigenvalue weighted by Gasteiger charge is 2.16. The third kappa shape index (κ3) is 5.09. The highest BCUT2D eigenvalue weighted by Crippen LogP contribution is 2.33. The third-order valence-electron chi connectivity index (χ3n) is 5.82. The Labute approximate surface area is 181 Å². The Hall–Kier alpha value is -3.25. The fourth-order valence-electron chi connectivity index (χ4n) is 4.18. The van der Waals surface area contributed by atoms with Crippen molar-refractivity contribution in [3.63, 3.8) is 0 Å². The molecule has 0 saturated carbocycles. The van der Waals surface area contributed by atoms with Crippen LogP contribution >= 0.6 is 0 Å². The van der Waals surface area contributed by atoms with Gasteiger partial charge in [0.25, 0.3) is 0 Å². The number of hydrogen-bond donors (Lipinski definition) is 3. The summed E-state index contributed by atoms with van der Waals surface area (Å²) in [6.45, 7) is 0.923. The lowest BCUT2D eigenvalue weighted by Gasteiger charge is -2.24. The lowest BCUT2D eigenvalue weighted by molar-refractivity contribution is 0.120. The molecule has 0 amide bonds. The van der Waals surface area contributed by atoms with Crippen LogP contribution in [0.4, 0.5) is 4.79 Å². The van der Waals surface area contributed by atoms with Crippen molar-refractivity contribution in [3.05, 3.63) is 65.9 Å². The number of aromatic amines is 1. The van der Waals surface area contributed by atoms with E-state index < -0.39 is 6.16 Å². The maximum absolute atomic E-state index is 11.3. The molecule has 4 rings (SSSR count). The predicted octanol–water partition coefficient (Wildman–Crippen LogP) is 5.18. The number of phenolic OH excluding ortho intramolecular Hbond substituents is 1. The molecule has 0 fully saturated rings. The highest BCUT2D eigenvalue weighted by atomic mass is 16.7. The summed E-state index contributed by atoms with van der Waals surface area (Å²) in [7, 11) is 1.23. The summed E-state index contributed by atoms with van der Waals surface area (Å²) in [4.78, 5) is 14.5. The molecule has 3 N–H and O–H groups in total. The normalized spacial score (nSPS) is 16.2. The van der Waals surface area contributed by atoms with Gasteiger partial charge in [-0.25, -0.2) is 4.79 Å². The quantitative estimate of drug-likeness (QED) is 0.279. The second-order valence-corrected chi connectivity index (χ2v) is 7.89. The summed E-state index contributed by atoms with van der Waals surface area (Å²) >= 11 is 0. The Morgan fingerprint density at radius 2 is 2.03 bits per heavy atom. The van der Waals surface area contributed by atoms with Crippen LogP contribution in [-0.2, 0) is 11.2 Å².